The van der Waals surface area contributed by atoms with Gasteiger partial charge in [0, 0.05) is 19.2 Å². The molecule has 0 radical (unpaired) electrons. The van der Waals surface area contributed by atoms with Crippen molar-refractivity contribution < 1.29 is 9.90 Å². The number of aliphatic hydroxyl groups is 1. The Hall–Kier alpha value is -0.610. The summed E-state index contributed by atoms with van der Waals surface area (Å²) in [5.74, 6) is 0.0958. The molecule has 0 saturated heterocycles. The van der Waals surface area contributed by atoms with Crippen LogP contribution in [0.5, 0.6) is 0 Å². The first-order valence-corrected chi connectivity index (χ1v) is 6.75. The van der Waals surface area contributed by atoms with Gasteiger partial charge in [-0.25, -0.2) is 0 Å². The number of carbonyl (C=O) groups is 1. The minimum atomic E-state index is -0.118. The Morgan fingerprint density at radius 3 is 2.29 bits per heavy atom. The minimum absolute atomic E-state index is 0.0958. The summed E-state index contributed by atoms with van der Waals surface area (Å²) >= 11 is 0. The molecular formula is C13H28N2O2. The van der Waals surface area contributed by atoms with Gasteiger partial charge in [0.25, 0.3) is 0 Å². The summed E-state index contributed by atoms with van der Waals surface area (Å²) in [6.07, 6.45) is 2.66. The number of aliphatic hydroxyl groups excluding tert-OH is 1. The highest BCUT2D eigenvalue weighted by Gasteiger charge is 2.20. The number of nitrogens with one attached hydrogen (secondary N) is 1. The third-order valence-electron chi connectivity index (χ3n) is 3.27. The lowest BCUT2D eigenvalue weighted by Crippen LogP contribution is -2.48. The maximum atomic E-state index is 12.0. The van der Waals surface area contributed by atoms with Crippen LogP contribution in [0.1, 0.15) is 47.0 Å². The summed E-state index contributed by atoms with van der Waals surface area (Å²) in [5.41, 5.74) is 0. The summed E-state index contributed by atoms with van der Waals surface area (Å²) in [4.78, 5) is 14.1. The van der Waals surface area contributed by atoms with Gasteiger partial charge in [-0.05, 0) is 32.7 Å². The number of likely N-dealkylation sites (N-methyl/N-ethyl adjacent to an activating group) is 1. The van der Waals surface area contributed by atoms with E-state index in [4.69, 9.17) is 5.11 Å². The van der Waals surface area contributed by atoms with E-state index in [2.05, 4.69) is 24.1 Å². The SMILES string of the molecule is CCC(CC)NC(=O)C(C)N(CC)CCCO. The molecule has 0 aliphatic heterocycles. The van der Waals surface area contributed by atoms with Crippen molar-refractivity contribution in [2.24, 2.45) is 0 Å². The van der Waals surface area contributed by atoms with Crippen LogP contribution in [-0.4, -0.2) is 47.7 Å². The summed E-state index contributed by atoms with van der Waals surface area (Å²) in [5, 5.41) is 11.9. The molecule has 0 saturated carbocycles. The van der Waals surface area contributed by atoms with E-state index >= 15 is 0 Å². The monoisotopic (exact) mass is 244 g/mol. The van der Waals surface area contributed by atoms with Crippen LogP contribution in [0.4, 0.5) is 0 Å². The number of hydrogen-bond acceptors (Lipinski definition) is 3. The fourth-order valence-corrected chi connectivity index (χ4v) is 1.88. The molecule has 17 heavy (non-hydrogen) atoms. The van der Waals surface area contributed by atoms with Crippen LogP contribution in [0.15, 0.2) is 0 Å². The normalized spacial score (nSPS) is 13.1. The molecule has 1 amide bonds. The fourth-order valence-electron chi connectivity index (χ4n) is 1.88. The predicted molar refractivity (Wildman–Crippen MR) is 70.9 cm³/mol. The maximum Gasteiger partial charge on any atom is 0.237 e. The lowest BCUT2D eigenvalue weighted by atomic mass is 10.1. The number of nitrogens with zero attached hydrogens (tertiary/aromatic N) is 1. The first-order valence-electron chi connectivity index (χ1n) is 6.75. The van der Waals surface area contributed by atoms with E-state index in [1.807, 2.05) is 13.8 Å². The quantitative estimate of drug-likeness (QED) is 0.644. The molecule has 0 rings (SSSR count). The summed E-state index contributed by atoms with van der Waals surface area (Å²) < 4.78 is 0. The van der Waals surface area contributed by atoms with Crippen LogP contribution in [0.25, 0.3) is 0 Å². The van der Waals surface area contributed by atoms with Crippen LogP contribution in [-0.2, 0) is 4.79 Å². The molecule has 1 atom stereocenters. The molecule has 4 heteroatoms. The Labute approximate surface area is 105 Å². The molecule has 102 valence electrons. The van der Waals surface area contributed by atoms with E-state index in [0.717, 1.165) is 32.4 Å². The van der Waals surface area contributed by atoms with Crippen molar-refractivity contribution in [3.63, 3.8) is 0 Å². The van der Waals surface area contributed by atoms with E-state index < -0.39 is 0 Å². The molecular weight excluding hydrogens is 216 g/mol. The Morgan fingerprint density at radius 2 is 1.88 bits per heavy atom. The number of carbonyl (C=O) groups excluding carboxylic acids is 1. The van der Waals surface area contributed by atoms with E-state index in [9.17, 15) is 4.79 Å². The number of hydrogen-bond donors (Lipinski definition) is 2. The second kappa shape index (κ2) is 9.42. The Kier molecular flexibility index (Phi) is 9.09. The van der Waals surface area contributed by atoms with Crippen LogP contribution in [0, 0.1) is 0 Å². The molecule has 0 aliphatic carbocycles. The summed E-state index contributed by atoms with van der Waals surface area (Å²) in [7, 11) is 0. The molecule has 0 bridgehead atoms. The van der Waals surface area contributed by atoms with Crippen molar-refractivity contribution in [3.8, 4) is 0 Å². The van der Waals surface area contributed by atoms with E-state index in [1.165, 1.54) is 0 Å². The molecule has 0 heterocycles. The number of amides is 1. The van der Waals surface area contributed by atoms with Gasteiger partial charge in [0.15, 0.2) is 0 Å². The van der Waals surface area contributed by atoms with Crippen molar-refractivity contribution in [2.75, 3.05) is 19.7 Å². The fraction of sp³-hybridized carbons (Fsp3) is 0.923. The van der Waals surface area contributed by atoms with Crippen LogP contribution >= 0.6 is 0 Å². The third kappa shape index (κ3) is 6.03. The topological polar surface area (TPSA) is 52.6 Å². The van der Waals surface area contributed by atoms with Crippen molar-refractivity contribution in [1.82, 2.24) is 10.2 Å². The van der Waals surface area contributed by atoms with Crippen molar-refractivity contribution in [2.45, 2.75) is 59.0 Å². The highest BCUT2D eigenvalue weighted by molar-refractivity contribution is 5.81. The first kappa shape index (κ1) is 16.4. The van der Waals surface area contributed by atoms with Gasteiger partial charge in [-0.2, -0.15) is 0 Å². The molecule has 4 nitrogen and oxygen atoms in total. The summed E-state index contributed by atoms with van der Waals surface area (Å²) in [6.45, 7) is 9.92. The van der Waals surface area contributed by atoms with E-state index in [0.29, 0.717) is 0 Å². The van der Waals surface area contributed by atoms with Crippen molar-refractivity contribution in [1.29, 1.82) is 0 Å². The van der Waals surface area contributed by atoms with Gasteiger partial charge in [0.05, 0.1) is 6.04 Å². The first-order chi connectivity index (χ1) is 8.10. The largest absolute Gasteiger partial charge is 0.396 e. The Bertz CT molecular complexity index is 206. The van der Waals surface area contributed by atoms with Gasteiger partial charge in [-0.1, -0.05) is 20.8 Å². The molecule has 0 aliphatic rings. The molecule has 0 fully saturated rings. The highest BCUT2D eigenvalue weighted by atomic mass is 16.3. The van der Waals surface area contributed by atoms with Gasteiger partial charge in [-0.15, -0.1) is 0 Å². The number of rotatable bonds is 9. The second-order valence-corrected chi connectivity index (χ2v) is 4.40. The highest BCUT2D eigenvalue weighted by Crippen LogP contribution is 2.03. The average Bonchev–Trinajstić information content (AvgIpc) is 2.36. The maximum absolute atomic E-state index is 12.0. The lowest BCUT2D eigenvalue weighted by Gasteiger charge is -2.28. The Balaban J connectivity index is 4.24. The van der Waals surface area contributed by atoms with Crippen LogP contribution in [0.3, 0.4) is 0 Å². The molecule has 1 unspecified atom stereocenters. The third-order valence-corrected chi connectivity index (χ3v) is 3.27. The lowest BCUT2D eigenvalue weighted by molar-refractivity contribution is -0.126. The van der Waals surface area contributed by atoms with E-state index in [-0.39, 0.29) is 24.6 Å². The molecule has 0 spiro atoms. The minimum Gasteiger partial charge on any atom is -0.396 e. The average molecular weight is 244 g/mol. The van der Waals surface area contributed by atoms with Crippen molar-refractivity contribution in [3.05, 3.63) is 0 Å². The van der Waals surface area contributed by atoms with Gasteiger partial charge in [-0.3, -0.25) is 9.69 Å². The second-order valence-electron chi connectivity index (χ2n) is 4.40. The van der Waals surface area contributed by atoms with Gasteiger partial charge < -0.3 is 10.4 Å². The van der Waals surface area contributed by atoms with Gasteiger partial charge >= 0.3 is 0 Å². The molecule has 0 aromatic heterocycles. The zero-order valence-corrected chi connectivity index (χ0v) is 11.7. The van der Waals surface area contributed by atoms with Crippen molar-refractivity contribution >= 4 is 5.91 Å². The van der Waals surface area contributed by atoms with Gasteiger partial charge in [0.2, 0.25) is 5.91 Å². The smallest absolute Gasteiger partial charge is 0.237 e. The zero-order chi connectivity index (χ0) is 13.3. The van der Waals surface area contributed by atoms with Crippen LogP contribution in [0.2, 0.25) is 0 Å². The molecule has 0 aromatic rings. The molecule has 2 N–H and O–H groups in total. The zero-order valence-electron chi connectivity index (χ0n) is 11.7. The van der Waals surface area contributed by atoms with Gasteiger partial charge in [0.1, 0.15) is 0 Å². The predicted octanol–water partition coefficient (Wildman–Crippen LogP) is 1.38. The molecule has 0 aromatic carbocycles. The Morgan fingerprint density at radius 1 is 1.29 bits per heavy atom. The summed E-state index contributed by atoms with van der Waals surface area (Å²) in [6, 6.07) is 0.161. The van der Waals surface area contributed by atoms with E-state index in [1.54, 1.807) is 0 Å². The van der Waals surface area contributed by atoms with Crippen LogP contribution < -0.4 is 5.32 Å². The standard InChI is InChI=1S/C13H28N2O2/c1-5-12(6-2)14-13(17)11(4)15(7-3)9-8-10-16/h11-12,16H,5-10H2,1-4H3,(H,14,17).